The molecule has 0 saturated heterocycles. The van der Waals surface area contributed by atoms with Crippen molar-refractivity contribution in [2.45, 2.75) is 33.2 Å². The Morgan fingerprint density at radius 2 is 2.21 bits per heavy atom. The van der Waals surface area contributed by atoms with E-state index in [4.69, 9.17) is 0 Å². The summed E-state index contributed by atoms with van der Waals surface area (Å²) in [7, 11) is 0. The van der Waals surface area contributed by atoms with E-state index in [1.807, 2.05) is 19.1 Å². The number of amides is 1. The van der Waals surface area contributed by atoms with Gasteiger partial charge in [-0.1, -0.05) is 6.92 Å². The van der Waals surface area contributed by atoms with Gasteiger partial charge in [0.25, 0.3) is 5.91 Å². The third-order valence-electron chi connectivity index (χ3n) is 3.00. The summed E-state index contributed by atoms with van der Waals surface area (Å²) >= 11 is 1.69. The third kappa shape index (κ3) is 3.41. The molecule has 0 bridgehead atoms. The first-order valence-corrected chi connectivity index (χ1v) is 7.25. The highest BCUT2D eigenvalue weighted by Gasteiger charge is 2.10. The number of rotatable bonds is 4. The Balaban J connectivity index is 2.22. The summed E-state index contributed by atoms with van der Waals surface area (Å²) in [6.45, 7) is 6.12. The maximum atomic E-state index is 12.1. The Kier molecular flexibility index (Phi) is 4.32. The van der Waals surface area contributed by atoms with Crippen LogP contribution in [0.15, 0.2) is 30.5 Å². The number of aromatic nitrogens is 1. The molecule has 4 heteroatoms. The van der Waals surface area contributed by atoms with Gasteiger partial charge >= 0.3 is 0 Å². The zero-order valence-corrected chi connectivity index (χ0v) is 12.3. The minimum atomic E-state index is -0.0359. The molecule has 2 aromatic heterocycles. The van der Waals surface area contributed by atoms with E-state index in [1.165, 1.54) is 4.88 Å². The van der Waals surface area contributed by atoms with Crippen LogP contribution in [0.5, 0.6) is 0 Å². The van der Waals surface area contributed by atoms with Gasteiger partial charge in [0.05, 0.1) is 10.6 Å². The molecule has 0 aromatic carbocycles. The van der Waals surface area contributed by atoms with Crippen LogP contribution >= 0.6 is 11.3 Å². The van der Waals surface area contributed by atoms with E-state index in [-0.39, 0.29) is 11.9 Å². The summed E-state index contributed by atoms with van der Waals surface area (Å²) < 4.78 is 0. The highest BCUT2D eigenvalue weighted by molar-refractivity contribution is 7.15. The Bertz CT molecular complexity index is 577. The fraction of sp³-hybridized carbons (Fsp3) is 0.333. The standard InChI is InChI=1S/C15H18N2OS/c1-4-10(2)17-15(18)12-7-8-16-13(9-12)14-6-5-11(3)19-14/h5-10H,4H2,1-3H3,(H,17,18)/t10-/m0/s1. The third-order valence-corrected chi connectivity index (χ3v) is 4.03. The van der Waals surface area contributed by atoms with Crippen LogP contribution in [-0.2, 0) is 0 Å². The highest BCUT2D eigenvalue weighted by atomic mass is 32.1. The fourth-order valence-electron chi connectivity index (χ4n) is 1.69. The molecule has 2 aromatic rings. The largest absolute Gasteiger partial charge is 0.350 e. The molecule has 2 rings (SSSR count). The highest BCUT2D eigenvalue weighted by Crippen LogP contribution is 2.26. The summed E-state index contributed by atoms with van der Waals surface area (Å²) in [5.41, 5.74) is 1.52. The van der Waals surface area contributed by atoms with Crippen molar-refractivity contribution in [2.24, 2.45) is 0 Å². The molecule has 1 amide bonds. The van der Waals surface area contributed by atoms with E-state index in [2.05, 4.69) is 30.2 Å². The topological polar surface area (TPSA) is 42.0 Å². The van der Waals surface area contributed by atoms with Gasteiger partial charge in [-0.2, -0.15) is 0 Å². The van der Waals surface area contributed by atoms with Crippen LogP contribution in [0, 0.1) is 6.92 Å². The van der Waals surface area contributed by atoms with Gasteiger partial charge in [0.1, 0.15) is 0 Å². The predicted molar refractivity (Wildman–Crippen MR) is 79.5 cm³/mol. The minimum Gasteiger partial charge on any atom is -0.350 e. The van der Waals surface area contributed by atoms with Crippen molar-refractivity contribution in [3.63, 3.8) is 0 Å². The number of carbonyl (C=O) groups excluding carboxylic acids is 1. The van der Waals surface area contributed by atoms with Gasteiger partial charge in [-0.15, -0.1) is 11.3 Å². The second-order valence-corrected chi connectivity index (χ2v) is 5.91. The van der Waals surface area contributed by atoms with E-state index in [1.54, 1.807) is 23.6 Å². The van der Waals surface area contributed by atoms with Crippen LogP contribution in [-0.4, -0.2) is 16.9 Å². The molecule has 19 heavy (non-hydrogen) atoms. The summed E-state index contributed by atoms with van der Waals surface area (Å²) in [6, 6.07) is 7.89. The quantitative estimate of drug-likeness (QED) is 0.924. The first-order valence-electron chi connectivity index (χ1n) is 6.44. The number of aryl methyl sites for hydroxylation is 1. The number of nitrogens with zero attached hydrogens (tertiary/aromatic N) is 1. The van der Waals surface area contributed by atoms with Crippen molar-refractivity contribution >= 4 is 17.2 Å². The molecule has 0 aliphatic rings. The molecule has 0 fully saturated rings. The molecule has 0 unspecified atom stereocenters. The lowest BCUT2D eigenvalue weighted by Crippen LogP contribution is -2.31. The van der Waals surface area contributed by atoms with Crippen molar-refractivity contribution in [2.75, 3.05) is 0 Å². The van der Waals surface area contributed by atoms with E-state index < -0.39 is 0 Å². The van der Waals surface area contributed by atoms with Crippen molar-refractivity contribution in [3.8, 4) is 10.6 Å². The molecule has 1 atom stereocenters. The predicted octanol–water partition coefficient (Wildman–Crippen LogP) is 3.65. The van der Waals surface area contributed by atoms with Gasteiger partial charge in [-0.3, -0.25) is 9.78 Å². The summed E-state index contributed by atoms with van der Waals surface area (Å²) in [5, 5.41) is 2.97. The monoisotopic (exact) mass is 274 g/mol. The lowest BCUT2D eigenvalue weighted by molar-refractivity contribution is 0.0939. The Morgan fingerprint density at radius 1 is 1.42 bits per heavy atom. The van der Waals surface area contributed by atoms with Crippen molar-refractivity contribution in [1.29, 1.82) is 0 Å². The van der Waals surface area contributed by atoms with E-state index in [0.717, 1.165) is 17.0 Å². The normalized spacial score (nSPS) is 12.2. The van der Waals surface area contributed by atoms with Crippen LogP contribution < -0.4 is 5.32 Å². The molecular formula is C15H18N2OS. The summed E-state index contributed by atoms with van der Waals surface area (Å²) in [6.07, 6.45) is 2.61. The lowest BCUT2D eigenvalue weighted by atomic mass is 10.1. The maximum absolute atomic E-state index is 12.1. The molecule has 3 nitrogen and oxygen atoms in total. The molecule has 2 heterocycles. The molecule has 0 aliphatic carbocycles. The van der Waals surface area contributed by atoms with Crippen LogP contribution in [0.1, 0.15) is 35.5 Å². The Morgan fingerprint density at radius 3 is 2.84 bits per heavy atom. The second kappa shape index (κ2) is 5.97. The zero-order valence-electron chi connectivity index (χ0n) is 11.4. The lowest BCUT2D eigenvalue weighted by Gasteiger charge is -2.11. The Labute approximate surface area is 117 Å². The van der Waals surface area contributed by atoms with Gasteiger partial charge in [0.2, 0.25) is 0 Å². The molecule has 100 valence electrons. The maximum Gasteiger partial charge on any atom is 0.251 e. The summed E-state index contributed by atoms with van der Waals surface area (Å²) in [4.78, 5) is 18.7. The smallest absolute Gasteiger partial charge is 0.251 e. The molecular weight excluding hydrogens is 256 g/mol. The van der Waals surface area contributed by atoms with E-state index >= 15 is 0 Å². The number of hydrogen-bond donors (Lipinski definition) is 1. The van der Waals surface area contributed by atoms with Crippen molar-refractivity contribution in [1.82, 2.24) is 10.3 Å². The Hall–Kier alpha value is -1.68. The summed E-state index contributed by atoms with van der Waals surface area (Å²) in [5.74, 6) is -0.0359. The number of nitrogens with one attached hydrogen (secondary N) is 1. The van der Waals surface area contributed by atoms with Gasteiger partial charge in [-0.25, -0.2) is 0 Å². The number of pyridine rings is 1. The van der Waals surface area contributed by atoms with Gasteiger partial charge in [0, 0.05) is 22.7 Å². The van der Waals surface area contributed by atoms with Gasteiger partial charge in [0.15, 0.2) is 0 Å². The van der Waals surface area contributed by atoms with Crippen LogP contribution in [0.25, 0.3) is 10.6 Å². The molecule has 0 radical (unpaired) electrons. The van der Waals surface area contributed by atoms with Crippen molar-refractivity contribution < 1.29 is 4.79 Å². The number of carbonyl (C=O) groups is 1. The van der Waals surface area contributed by atoms with E-state index in [9.17, 15) is 4.79 Å². The molecule has 0 spiro atoms. The van der Waals surface area contributed by atoms with Crippen LogP contribution in [0.4, 0.5) is 0 Å². The molecule has 0 aliphatic heterocycles. The number of hydrogen-bond acceptors (Lipinski definition) is 3. The second-order valence-electron chi connectivity index (χ2n) is 4.62. The average molecular weight is 274 g/mol. The van der Waals surface area contributed by atoms with Gasteiger partial charge in [-0.05, 0) is 44.5 Å². The van der Waals surface area contributed by atoms with Crippen LogP contribution in [0.2, 0.25) is 0 Å². The van der Waals surface area contributed by atoms with E-state index in [0.29, 0.717) is 5.56 Å². The molecule has 1 N–H and O–H groups in total. The SMILES string of the molecule is CC[C@H](C)NC(=O)c1ccnc(-c2ccc(C)s2)c1. The van der Waals surface area contributed by atoms with Crippen LogP contribution in [0.3, 0.4) is 0 Å². The minimum absolute atomic E-state index is 0.0359. The fourth-order valence-corrected chi connectivity index (χ4v) is 2.52. The number of thiophene rings is 1. The zero-order chi connectivity index (χ0) is 13.8. The average Bonchev–Trinajstić information content (AvgIpc) is 2.85. The van der Waals surface area contributed by atoms with Crippen molar-refractivity contribution in [3.05, 3.63) is 40.9 Å². The molecule has 0 saturated carbocycles. The van der Waals surface area contributed by atoms with Gasteiger partial charge < -0.3 is 5.32 Å². The first kappa shape index (κ1) is 13.7. The first-order chi connectivity index (χ1) is 9.10.